The second-order valence-electron chi connectivity index (χ2n) is 5.85. The first-order valence-corrected chi connectivity index (χ1v) is 8.08. The summed E-state index contributed by atoms with van der Waals surface area (Å²) in [6.45, 7) is 2.97. The molecule has 2 rings (SSSR count). The summed E-state index contributed by atoms with van der Waals surface area (Å²) in [4.78, 5) is 46.5. The van der Waals surface area contributed by atoms with E-state index in [4.69, 9.17) is 5.73 Å². The van der Waals surface area contributed by atoms with Crippen LogP contribution in [0.2, 0.25) is 0 Å². The van der Waals surface area contributed by atoms with Crippen LogP contribution in [0, 0.1) is 0 Å². The van der Waals surface area contributed by atoms with E-state index in [0.717, 1.165) is 0 Å². The molecule has 0 aliphatic rings. The van der Waals surface area contributed by atoms with E-state index in [1.165, 1.54) is 44.2 Å². The van der Waals surface area contributed by atoms with Crippen LogP contribution in [0.1, 0.15) is 34.6 Å². The fourth-order valence-electron chi connectivity index (χ4n) is 2.18. The van der Waals surface area contributed by atoms with Crippen molar-refractivity contribution in [2.45, 2.75) is 13.8 Å². The van der Waals surface area contributed by atoms with Crippen molar-refractivity contribution in [3.05, 3.63) is 71.3 Å². The number of carbonyl (C=O) groups excluding carboxylic acids is 4. The normalized spacial score (nSPS) is 10.8. The first kappa shape index (κ1) is 19.6. The molecule has 4 N–H and O–H groups in total. The van der Waals surface area contributed by atoms with E-state index in [1.54, 1.807) is 24.3 Å². The highest BCUT2D eigenvalue weighted by molar-refractivity contribution is 6.10. The molecule has 0 saturated carbocycles. The topological polar surface area (TPSA) is 118 Å². The molecule has 0 heterocycles. The number of anilines is 2. The number of primary amides is 1. The molecule has 0 saturated heterocycles. The Morgan fingerprint density at radius 3 is 1.74 bits per heavy atom. The summed E-state index contributed by atoms with van der Waals surface area (Å²) in [5.74, 6) is -1.55. The first-order chi connectivity index (χ1) is 12.8. The SMILES string of the molecule is CC(=O)c1ccc(NC(=O)/C(C)=C\C(=O)Nc2ccc(C(N)=O)cc2)cc1. The third-order valence-electron chi connectivity index (χ3n) is 3.69. The van der Waals surface area contributed by atoms with Crippen LogP contribution in [0.25, 0.3) is 0 Å². The Morgan fingerprint density at radius 1 is 0.778 bits per heavy atom. The van der Waals surface area contributed by atoms with Crippen LogP contribution in [-0.4, -0.2) is 23.5 Å². The molecule has 2 aromatic rings. The molecule has 0 aliphatic heterocycles. The highest BCUT2D eigenvalue weighted by Gasteiger charge is 2.09. The van der Waals surface area contributed by atoms with Crippen LogP contribution in [0.3, 0.4) is 0 Å². The number of nitrogens with one attached hydrogen (secondary N) is 2. The molecule has 0 spiro atoms. The summed E-state index contributed by atoms with van der Waals surface area (Å²) in [5.41, 5.74) is 7.21. The molecule has 27 heavy (non-hydrogen) atoms. The zero-order valence-electron chi connectivity index (χ0n) is 14.9. The summed E-state index contributed by atoms with van der Waals surface area (Å²) < 4.78 is 0. The fraction of sp³-hybridized carbons (Fsp3) is 0.100. The molecule has 0 aromatic heterocycles. The van der Waals surface area contributed by atoms with Gasteiger partial charge < -0.3 is 16.4 Å². The van der Waals surface area contributed by atoms with Gasteiger partial charge in [-0.2, -0.15) is 0 Å². The van der Waals surface area contributed by atoms with Crippen LogP contribution in [0.4, 0.5) is 11.4 Å². The van der Waals surface area contributed by atoms with Gasteiger partial charge in [0.1, 0.15) is 0 Å². The van der Waals surface area contributed by atoms with Gasteiger partial charge in [0.15, 0.2) is 5.78 Å². The second-order valence-corrected chi connectivity index (χ2v) is 5.85. The zero-order chi connectivity index (χ0) is 20.0. The van der Waals surface area contributed by atoms with Crippen molar-refractivity contribution >= 4 is 34.9 Å². The van der Waals surface area contributed by atoms with Crippen molar-refractivity contribution < 1.29 is 19.2 Å². The number of nitrogens with two attached hydrogens (primary N) is 1. The lowest BCUT2D eigenvalue weighted by Gasteiger charge is -2.07. The lowest BCUT2D eigenvalue weighted by atomic mass is 10.1. The van der Waals surface area contributed by atoms with Gasteiger partial charge >= 0.3 is 0 Å². The summed E-state index contributed by atoms with van der Waals surface area (Å²) in [5, 5.41) is 5.24. The minimum atomic E-state index is -0.559. The number of rotatable bonds is 6. The maximum Gasteiger partial charge on any atom is 0.251 e. The summed E-state index contributed by atoms with van der Waals surface area (Å²) in [6, 6.07) is 12.5. The van der Waals surface area contributed by atoms with E-state index in [1.807, 2.05) is 0 Å². The molecule has 3 amide bonds. The van der Waals surface area contributed by atoms with Gasteiger partial charge in [-0.25, -0.2) is 0 Å². The smallest absolute Gasteiger partial charge is 0.251 e. The van der Waals surface area contributed by atoms with Crippen LogP contribution < -0.4 is 16.4 Å². The number of hydrogen-bond acceptors (Lipinski definition) is 4. The van der Waals surface area contributed by atoms with Crippen molar-refractivity contribution in [2.24, 2.45) is 5.73 Å². The number of benzene rings is 2. The standard InChI is InChI=1S/C20H19N3O4/c1-12(20(27)23-17-7-3-14(4-8-17)13(2)24)11-18(25)22-16-9-5-15(6-10-16)19(21)26/h3-11H,1-2H3,(H2,21,26)(H,22,25)(H,23,27)/b12-11-. The van der Waals surface area contributed by atoms with Gasteiger partial charge in [-0.05, 0) is 62.4 Å². The van der Waals surface area contributed by atoms with E-state index in [-0.39, 0.29) is 11.4 Å². The minimum absolute atomic E-state index is 0.0653. The zero-order valence-corrected chi connectivity index (χ0v) is 14.9. The summed E-state index contributed by atoms with van der Waals surface area (Å²) >= 11 is 0. The summed E-state index contributed by atoms with van der Waals surface area (Å²) in [6.07, 6.45) is 1.17. The van der Waals surface area contributed by atoms with E-state index < -0.39 is 17.7 Å². The van der Waals surface area contributed by atoms with Gasteiger partial charge in [0, 0.05) is 34.2 Å². The van der Waals surface area contributed by atoms with Gasteiger partial charge in [-0.1, -0.05) is 0 Å². The van der Waals surface area contributed by atoms with Crippen LogP contribution >= 0.6 is 0 Å². The average Bonchev–Trinajstić information content (AvgIpc) is 2.62. The predicted molar refractivity (Wildman–Crippen MR) is 102 cm³/mol. The minimum Gasteiger partial charge on any atom is -0.366 e. The monoisotopic (exact) mass is 365 g/mol. The Hall–Kier alpha value is -3.74. The van der Waals surface area contributed by atoms with E-state index in [0.29, 0.717) is 22.5 Å². The molecule has 2 aromatic carbocycles. The highest BCUT2D eigenvalue weighted by Crippen LogP contribution is 2.12. The Morgan fingerprint density at radius 2 is 1.26 bits per heavy atom. The number of amides is 3. The van der Waals surface area contributed by atoms with Crippen molar-refractivity contribution in [3.8, 4) is 0 Å². The maximum atomic E-state index is 12.2. The Labute approximate surface area is 156 Å². The van der Waals surface area contributed by atoms with Gasteiger partial charge in [0.25, 0.3) is 5.91 Å². The van der Waals surface area contributed by atoms with Gasteiger partial charge in [0.2, 0.25) is 11.8 Å². The number of carbonyl (C=O) groups is 4. The molecule has 0 atom stereocenters. The number of hydrogen-bond donors (Lipinski definition) is 3. The van der Waals surface area contributed by atoms with Gasteiger partial charge in [-0.3, -0.25) is 19.2 Å². The Bertz CT molecular complexity index is 913. The van der Waals surface area contributed by atoms with Gasteiger partial charge in [0.05, 0.1) is 0 Å². The van der Waals surface area contributed by atoms with E-state index in [2.05, 4.69) is 10.6 Å². The fourth-order valence-corrected chi connectivity index (χ4v) is 2.18. The van der Waals surface area contributed by atoms with Crippen LogP contribution in [-0.2, 0) is 9.59 Å². The van der Waals surface area contributed by atoms with Crippen molar-refractivity contribution in [2.75, 3.05) is 10.6 Å². The van der Waals surface area contributed by atoms with Gasteiger partial charge in [-0.15, -0.1) is 0 Å². The Balaban J connectivity index is 1.98. The third kappa shape index (κ3) is 5.64. The lowest BCUT2D eigenvalue weighted by molar-refractivity contribution is -0.114. The van der Waals surface area contributed by atoms with Crippen LogP contribution in [0.15, 0.2) is 60.2 Å². The molecule has 0 fully saturated rings. The molecule has 7 nitrogen and oxygen atoms in total. The molecular formula is C20H19N3O4. The largest absolute Gasteiger partial charge is 0.366 e. The molecule has 0 unspecified atom stereocenters. The molecular weight excluding hydrogens is 346 g/mol. The number of Topliss-reactive ketones (excluding diaryl/α,β-unsaturated/α-hetero) is 1. The molecule has 0 bridgehead atoms. The van der Waals surface area contributed by atoms with Crippen molar-refractivity contribution in [1.29, 1.82) is 0 Å². The predicted octanol–water partition coefficient (Wildman–Crippen LogP) is 2.51. The van der Waals surface area contributed by atoms with Crippen molar-refractivity contribution in [1.82, 2.24) is 0 Å². The van der Waals surface area contributed by atoms with E-state index >= 15 is 0 Å². The molecule has 0 radical (unpaired) electrons. The molecule has 0 aliphatic carbocycles. The molecule has 138 valence electrons. The quantitative estimate of drug-likeness (QED) is 0.538. The average molecular weight is 365 g/mol. The van der Waals surface area contributed by atoms with Crippen LogP contribution in [0.5, 0.6) is 0 Å². The lowest BCUT2D eigenvalue weighted by Crippen LogP contribution is -2.16. The molecule has 7 heteroatoms. The Kier molecular flexibility index (Phi) is 6.22. The third-order valence-corrected chi connectivity index (χ3v) is 3.69. The number of ketones is 1. The second kappa shape index (κ2) is 8.57. The van der Waals surface area contributed by atoms with E-state index in [9.17, 15) is 19.2 Å². The van der Waals surface area contributed by atoms with Crippen molar-refractivity contribution in [3.63, 3.8) is 0 Å². The first-order valence-electron chi connectivity index (χ1n) is 8.08. The highest BCUT2D eigenvalue weighted by atomic mass is 16.2. The maximum absolute atomic E-state index is 12.2. The summed E-state index contributed by atoms with van der Waals surface area (Å²) in [7, 11) is 0.